The van der Waals surface area contributed by atoms with Gasteiger partial charge in [-0.15, -0.1) is 0 Å². The minimum Gasteiger partial charge on any atom is -0.327 e. The molecule has 1 unspecified atom stereocenters. The van der Waals surface area contributed by atoms with Crippen LogP contribution in [-0.4, -0.2) is 21.7 Å². The van der Waals surface area contributed by atoms with Crippen LogP contribution in [-0.2, 0) is 4.79 Å². The Morgan fingerprint density at radius 2 is 2.05 bits per heavy atom. The first-order valence-electron chi connectivity index (χ1n) is 6.72. The largest absolute Gasteiger partial charge is 0.327 e. The zero-order chi connectivity index (χ0) is 14.5. The van der Waals surface area contributed by atoms with Gasteiger partial charge < -0.3 is 11.1 Å². The minimum absolute atomic E-state index is 0.0574. The lowest BCUT2D eigenvalue weighted by molar-refractivity contribution is -0.116. The molecule has 0 fully saturated rings. The second kappa shape index (κ2) is 6.34. The zero-order valence-corrected chi connectivity index (χ0v) is 11.8. The molecule has 1 heterocycles. The molecule has 0 spiro atoms. The van der Waals surface area contributed by atoms with E-state index in [1.165, 1.54) is 0 Å². The van der Waals surface area contributed by atoms with E-state index in [4.69, 9.17) is 5.73 Å². The average Bonchev–Trinajstić information content (AvgIpc) is 2.93. The maximum absolute atomic E-state index is 11.8. The summed E-state index contributed by atoms with van der Waals surface area (Å²) in [5.74, 6) is 0.237. The van der Waals surface area contributed by atoms with Crippen LogP contribution in [0.2, 0.25) is 0 Å². The topological polar surface area (TPSA) is 72.9 Å². The second-order valence-electron chi connectivity index (χ2n) is 5.16. The zero-order valence-electron chi connectivity index (χ0n) is 11.8. The molecule has 0 radical (unpaired) electrons. The van der Waals surface area contributed by atoms with E-state index in [9.17, 15) is 4.79 Å². The first kappa shape index (κ1) is 14.3. The van der Waals surface area contributed by atoms with E-state index in [1.807, 2.05) is 50.4 Å². The van der Waals surface area contributed by atoms with Crippen molar-refractivity contribution in [2.24, 2.45) is 11.7 Å². The van der Waals surface area contributed by atoms with Crippen molar-refractivity contribution in [3.05, 3.63) is 42.7 Å². The predicted octanol–water partition coefficient (Wildman–Crippen LogP) is 2.18. The van der Waals surface area contributed by atoms with Crippen LogP contribution < -0.4 is 11.1 Å². The molecule has 2 rings (SSSR count). The van der Waals surface area contributed by atoms with Gasteiger partial charge in [-0.2, -0.15) is 5.10 Å². The quantitative estimate of drug-likeness (QED) is 0.876. The molecule has 0 saturated heterocycles. The maximum atomic E-state index is 11.8. The third kappa shape index (κ3) is 3.68. The number of benzene rings is 1. The Morgan fingerprint density at radius 3 is 2.60 bits per heavy atom. The number of hydrogen-bond donors (Lipinski definition) is 2. The van der Waals surface area contributed by atoms with Crippen LogP contribution in [0.5, 0.6) is 0 Å². The summed E-state index contributed by atoms with van der Waals surface area (Å²) in [6.45, 7) is 4.02. The third-order valence-corrected chi connectivity index (χ3v) is 3.20. The molecule has 1 amide bonds. The summed E-state index contributed by atoms with van der Waals surface area (Å²) in [5, 5.41) is 7.00. The van der Waals surface area contributed by atoms with Gasteiger partial charge in [0.05, 0.1) is 5.69 Å². The lowest BCUT2D eigenvalue weighted by atomic mass is 10.0. The molecular formula is C15H20N4O. The molecule has 1 aromatic heterocycles. The lowest BCUT2D eigenvalue weighted by Crippen LogP contribution is -2.31. The van der Waals surface area contributed by atoms with Crippen LogP contribution in [0.4, 0.5) is 5.69 Å². The van der Waals surface area contributed by atoms with Crippen LogP contribution >= 0.6 is 0 Å². The fourth-order valence-electron chi connectivity index (χ4n) is 1.78. The summed E-state index contributed by atoms with van der Waals surface area (Å²) in [7, 11) is 0. The monoisotopic (exact) mass is 272 g/mol. The molecule has 0 saturated carbocycles. The molecule has 1 atom stereocenters. The van der Waals surface area contributed by atoms with Crippen LogP contribution in [0.1, 0.15) is 20.3 Å². The van der Waals surface area contributed by atoms with E-state index in [0.29, 0.717) is 12.3 Å². The van der Waals surface area contributed by atoms with Crippen molar-refractivity contribution in [3.63, 3.8) is 0 Å². The fraction of sp³-hybridized carbons (Fsp3) is 0.333. The van der Waals surface area contributed by atoms with Gasteiger partial charge in [0.15, 0.2) is 0 Å². The molecule has 0 aliphatic heterocycles. The SMILES string of the molecule is CC(C)C(N)CC(=O)Nc1ccc(-n2cccn2)cc1. The predicted molar refractivity (Wildman–Crippen MR) is 79.6 cm³/mol. The fourth-order valence-corrected chi connectivity index (χ4v) is 1.78. The molecule has 3 N–H and O–H groups in total. The molecule has 5 heteroatoms. The van der Waals surface area contributed by atoms with Crippen molar-refractivity contribution in [3.8, 4) is 5.69 Å². The number of carbonyl (C=O) groups excluding carboxylic acids is 1. The first-order chi connectivity index (χ1) is 9.56. The van der Waals surface area contributed by atoms with E-state index in [0.717, 1.165) is 11.4 Å². The second-order valence-corrected chi connectivity index (χ2v) is 5.16. The summed E-state index contributed by atoms with van der Waals surface area (Å²) < 4.78 is 1.76. The van der Waals surface area contributed by atoms with Crippen LogP contribution in [0.15, 0.2) is 42.7 Å². The number of amides is 1. The number of hydrogen-bond acceptors (Lipinski definition) is 3. The molecule has 106 valence electrons. The summed E-state index contributed by atoms with van der Waals surface area (Å²) in [5.41, 5.74) is 7.60. The number of aromatic nitrogens is 2. The van der Waals surface area contributed by atoms with E-state index >= 15 is 0 Å². The Hall–Kier alpha value is -2.14. The van der Waals surface area contributed by atoms with Gasteiger partial charge in [-0.3, -0.25) is 4.79 Å². The summed E-state index contributed by atoms with van der Waals surface area (Å²) in [6, 6.07) is 9.28. The maximum Gasteiger partial charge on any atom is 0.225 e. The van der Waals surface area contributed by atoms with E-state index in [2.05, 4.69) is 10.4 Å². The highest BCUT2D eigenvalue weighted by Gasteiger charge is 2.12. The van der Waals surface area contributed by atoms with Gasteiger partial charge in [-0.05, 0) is 36.2 Å². The van der Waals surface area contributed by atoms with Crippen molar-refractivity contribution < 1.29 is 4.79 Å². The van der Waals surface area contributed by atoms with E-state index in [-0.39, 0.29) is 11.9 Å². The highest BCUT2D eigenvalue weighted by molar-refractivity contribution is 5.91. The van der Waals surface area contributed by atoms with Crippen LogP contribution in [0, 0.1) is 5.92 Å². The van der Waals surface area contributed by atoms with Gasteiger partial charge in [-0.1, -0.05) is 13.8 Å². The number of rotatable bonds is 5. The van der Waals surface area contributed by atoms with Gasteiger partial charge in [-0.25, -0.2) is 4.68 Å². The number of nitrogens with two attached hydrogens (primary N) is 1. The number of nitrogens with one attached hydrogen (secondary N) is 1. The molecular weight excluding hydrogens is 252 g/mol. The first-order valence-corrected chi connectivity index (χ1v) is 6.72. The van der Waals surface area contributed by atoms with Crippen molar-refractivity contribution in [1.29, 1.82) is 0 Å². The normalized spacial score (nSPS) is 12.4. The molecule has 20 heavy (non-hydrogen) atoms. The highest BCUT2D eigenvalue weighted by Crippen LogP contribution is 2.13. The van der Waals surface area contributed by atoms with Gasteiger partial charge in [0, 0.05) is 30.5 Å². The highest BCUT2D eigenvalue weighted by atomic mass is 16.1. The summed E-state index contributed by atoms with van der Waals surface area (Å²) in [4.78, 5) is 11.8. The van der Waals surface area contributed by atoms with Gasteiger partial charge in [0.2, 0.25) is 5.91 Å². The number of nitrogens with zero attached hydrogens (tertiary/aromatic N) is 2. The third-order valence-electron chi connectivity index (χ3n) is 3.20. The Morgan fingerprint density at radius 1 is 1.35 bits per heavy atom. The van der Waals surface area contributed by atoms with Gasteiger partial charge in [0.25, 0.3) is 0 Å². The number of anilines is 1. The Kier molecular flexibility index (Phi) is 4.53. The van der Waals surface area contributed by atoms with Crippen molar-refractivity contribution >= 4 is 11.6 Å². The summed E-state index contributed by atoms with van der Waals surface area (Å²) >= 11 is 0. The molecule has 0 aliphatic carbocycles. The molecule has 0 aliphatic rings. The lowest BCUT2D eigenvalue weighted by Gasteiger charge is -2.15. The Bertz CT molecular complexity index is 546. The minimum atomic E-state index is -0.113. The number of carbonyl (C=O) groups is 1. The van der Waals surface area contributed by atoms with Gasteiger partial charge >= 0.3 is 0 Å². The molecule has 0 bridgehead atoms. The molecule has 2 aromatic rings. The van der Waals surface area contributed by atoms with Crippen molar-refractivity contribution in [2.75, 3.05) is 5.32 Å². The van der Waals surface area contributed by atoms with Crippen LogP contribution in [0.25, 0.3) is 5.69 Å². The van der Waals surface area contributed by atoms with E-state index < -0.39 is 0 Å². The summed E-state index contributed by atoms with van der Waals surface area (Å²) in [6.07, 6.45) is 3.93. The molecule has 1 aromatic carbocycles. The smallest absolute Gasteiger partial charge is 0.225 e. The molecule has 5 nitrogen and oxygen atoms in total. The van der Waals surface area contributed by atoms with E-state index in [1.54, 1.807) is 10.9 Å². The Balaban J connectivity index is 1.95. The van der Waals surface area contributed by atoms with Crippen LogP contribution in [0.3, 0.4) is 0 Å². The van der Waals surface area contributed by atoms with Gasteiger partial charge in [0.1, 0.15) is 0 Å². The standard InChI is InChI=1S/C15H20N4O/c1-11(2)14(16)10-15(20)18-12-4-6-13(7-5-12)19-9-3-8-17-19/h3-9,11,14H,10,16H2,1-2H3,(H,18,20). The Labute approximate surface area is 118 Å². The van der Waals surface area contributed by atoms with Crippen molar-refractivity contribution in [1.82, 2.24) is 9.78 Å². The average molecular weight is 272 g/mol. The van der Waals surface area contributed by atoms with Crippen molar-refractivity contribution in [2.45, 2.75) is 26.3 Å².